The minimum Gasteiger partial charge on any atom is -0.369 e. The van der Waals surface area contributed by atoms with Gasteiger partial charge in [0.25, 0.3) is 0 Å². The molecule has 2 aliphatic heterocycles. The highest BCUT2D eigenvalue weighted by Gasteiger charge is 2.36. The summed E-state index contributed by atoms with van der Waals surface area (Å²) in [6, 6.07) is 6.60. The summed E-state index contributed by atoms with van der Waals surface area (Å²) in [4.78, 5) is 2.38. The Morgan fingerprint density at radius 3 is 3.05 bits per heavy atom. The highest BCUT2D eigenvalue weighted by atomic mass is 19.1. The fraction of sp³-hybridized carbons (Fsp3) is 0.647. The molecule has 3 unspecified atom stereocenters. The zero-order valence-corrected chi connectivity index (χ0v) is 11.9. The molecule has 0 bridgehead atoms. The van der Waals surface area contributed by atoms with Crippen molar-refractivity contribution in [3.05, 3.63) is 29.6 Å². The second-order valence-electron chi connectivity index (χ2n) is 6.72. The lowest BCUT2D eigenvalue weighted by Crippen LogP contribution is -2.40. The average molecular weight is 274 g/mol. The van der Waals surface area contributed by atoms with Crippen LogP contribution in [0.25, 0.3) is 0 Å². The maximum atomic E-state index is 13.4. The second-order valence-corrected chi connectivity index (χ2v) is 6.72. The highest BCUT2D eigenvalue weighted by molar-refractivity contribution is 5.58. The van der Waals surface area contributed by atoms with Gasteiger partial charge in [-0.2, -0.15) is 0 Å². The predicted octanol–water partition coefficient (Wildman–Crippen LogP) is 3.11. The summed E-state index contributed by atoms with van der Waals surface area (Å²) in [6.07, 6.45) is 7.93. The Hall–Kier alpha value is -1.09. The third-order valence-corrected chi connectivity index (χ3v) is 5.43. The summed E-state index contributed by atoms with van der Waals surface area (Å²) >= 11 is 0. The first-order chi connectivity index (χ1) is 9.79. The number of rotatable bonds is 2. The van der Waals surface area contributed by atoms with Gasteiger partial charge in [-0.25, -0.2) is 4.39 Å². The van der Waals surface area contributed by atoms with Gasteiger partial charge in [0.05, 0.1) is 0 Å². The van der Waals surface area contributed by atoms with E-state index in [1.807, 2.05) is 6.07 Å². The van der Waals surface area contributed by atoms with Gasteiger partial charge >= 0.3 is 0 Å². The van der Waals surface area contributed by atoms with Crippen molar-refractivity contribution in [2.24, 2.45) is 5.92 Å². The second kappa shape index (κ2) is 5.03. The first-order valence-electron chi connectivity index (χ1n) is 8.09. The van der Waals surface area contributed by atoms with E-state index >= 15 is 0 Å². The van der Waals surface area contributed by atoms with Crippen molar-refractivity contribution in [2.75, 3.05) is 18.0 Å². The fourth-order valence-corrected chi connectivity index (χ4v) is 4.45. The van der Waals surface area contributed by atoms with Crippen LogP contribution in [-0.2, 0) is 6.42 Å². The summed E-state index contributed by atoms with van der Waals surface area (Å²) in [5.74, 6) is 0.784. The molecule has 0 amide bonds. The lowest BCUT2D eigenvalue weighted by molar-refractivity contribution is 0.325. The van der Waals surface area contributed by atoms with E-state index in [1.165, 1.54) is 37.7 Å². The average Bonchev–Trinajstić information content (AvgIpc) is 3.03. The van der Waals surface area contributed by atoms with Crippen LogP contribution in [0.4, 0.5) is 10.1 Å². The molecule has 2 nitrogen and oxygen atoms in total. The molecule has 2 fully saturated rings. The number of hydrogen-bond acceptors (Lipinski definition) is 2. The quantitative estimate of drug-likeness (QED) is 0.891. The Morgan fingerprint density at radius 2 is 2.15 bits per heavy atom. The monoisotopic (exact) mass is 274 g/mol. The zero-order valence-electron chi connectivity index (χ0n) is 11.9. The van der Waals surface area contributed by atoms with Crippen molar-refractivity contribution in [2.45, 2.75) is 50.6 Å². The van der Waals surface area contributed by atoms with Crippen LogP contribution in [0, 0.1) is 11.7 Å². The Labute approximate surface area is 120 Å². The molecule has 1 saturated carbocycles. The standard InChI is InChI=1S/C17H23FN2/c18-14-6-5-12-7-8-20(17(12)10-14)11-15-9-13-3-1-2-4-16(13)19-15/h5-6,10,13,15-16,19H,1-4,7-9,11H2. The molecule has 0 radical (unpaired) electrons. The van der Waals surface area contributed by atoms with Crippen LogP contribution in [-0.4, -0.2) is 25.2 Å². The van der Waals surface area contributed by atoms with E-state index in [-0.39, 0.29) is 5.82 Å². The molecule has 4 rings (SSSR count). The molecule has 3 aliphatic rings. The van der Waals surface area contributed by atoms with Crippen molar-refractivity contribution in [3.63, 3.8) is 0 Å². The van der Waals surface area contributed by atoms with Crippen molar-refractivity contribution in [3.8, 4) is 0 Å². The summed E-state index contributed by atoms with van der Waals surface area (Å²) in [7, 11) is 0. The maximum Gasteiger partial charge on any atom is 0.125 e. The van der Waals surface area contributed by atoms with Crippen molar-refractivity contribution in [1.29, 1.82) is 0 Å². The van der Waals surface area contributed by atoms with Gasteiger partial charge in [-0.1, -0.05) is 18.9 Å². The largest absolute Gasteiger partial charge is 0.369 e. The minimum absolute atomic E-state index is 0.108. The number of benzene rings is 1. The fourth-order valence-electron chi connectivity index (χ4n) is 4.45. The molecule has 108 valence electrons. The number of halogens is 1. The highest BCUT2D eigenvalue weighted by Crippen LogP contribution is 2.35. The van der Waals surface area contributed by atoms with Crippen LogP contribution < -0.4 is 10.2 Å². The minimum atomic E-state index is -0.108. The lowest BCUT2D eigenvalue weighted by Gasteiger charge is -2.25. The third-order valence-electron chi connectivity index (χ3n) is 5.43. The smallest absolute Gasteiger partial charge is 0.125 e. The number of anilines is 1. The topological polar surface area (TPSA) is 15.3 Å². The van der Waals surface area contributed by atoms with Crippen molar-refractivity contribution in [1.82, 2.24) is 5.32 Å². The van der Waals surface area contributed by atoms with E-state index in [0.717, 1.165) is 37.2 Å². The molecule has 2 heterocycles. The van der Waals surface area contributed by atoms with E-state index in [0.29, 0.717) is 6.04 Å². The molecule has 1 saturated heterocycles. The molecule has 0 spiro atoms. The number of nitrogens with one attached hydrogen (secondary N) is 1. The van der Waals surface area contributed by atoms with Gasteiger partial charge in [0.2, 0.25) is 0 Å². The molecule has 20 heavy (non-hydrogen) atoms. The van der Waals surface area contributed by atoms with E-state index in [1.54, 1.807) is 12.1 Å². The summed E-state index contributed by atoms with van der Waals surface area (Å²) in [5.41, 5.74) is 2.43. The summed E-state index contributed by atoms with van der Waals surface area (Å²) in [5, 5.41) is 3.83. The van der Waals surface area contributed by atoms with Gasteiger partial charge in [-0.15, -0.1) is 0 Å². The van der Waals surface area contributed by atoms with Gasteiger partial charge in [0.1, 0.15) is 5.82 Å². The third kappa shape index (κ3) is 2.22. The molecule has 0 aromatic heterocycles. The summed E-state index contributed by atoms with van der Waals surface area (Å²) in [6.45, 7) is 2.09. The zero-order chi connectivity index (χ0) is 13.5. The lowest BCUT2D eigenvalue weighted by atomic mass is 9.85. The van der Waals surface area contributed by atoms with E-state index in [9.17, 15) is 4.39 Å². The van der Waals surface area contributed by atoms with Gasteiger partial charge in [0, 0.05) is 30.9 Å². The normalized spacial score (nSPS) is 32.2. The molecule has 1 aromatic carbocycles. The molecular formula is C17H23FN2. The van der Waals surface area contributed by atoms with E-state index in [4.69, 9.17) is 0 Å². The Balaban J connectivity index is 1.45. The van der Waals surface area contributed by atoms with Crippen LogP contribution in [0.5, 0.6) is 0 Å². The Morgan fingerprint density at radius 1 is 1.25 bits per heavy atom. The van der Waals surface area contributed by atoms with Crippen LogP contribution in [0.3, 0.4) is 0 Å². The van der Waals surface area contributed by atoms with Crippen LogP contribution >= 0.6 is 0 Å². The van der Waals surface area contributed by atoms with Crippen LogP contribution in [0.1, 0.15) is 37.7 Å². The first-order valence-corrected chi connectivity index (χ1v) is 8.09. The number of fused-ring (bicyclic) bond motifs is 2. The molecule has 1 aliphatic carbocycles. The predicted molar refractivity (Wildman–Crippen MR) is 79.6 cm³/mol. The maximum absolute atomic E-state index is 13.4. The SMILES string of the molecule is Fc1ccc2c(c1)N(CC1CC3CCCCC3N1)CC2. The van der Waals surface area contributed by atoms with Crippen molar-refractivity contribution >= 4 is 5.69 Å². The number of nitrogens with zero attached hydrogens (tertiary/aromatic N) is 1. The molecular weight excluding hydrogens is 251 g/mol. The van der Waals surface area contributed by atoms with Gasteiger partial charge in [-0.3, -0.25) is 0 Å². The van der Waals surface area contributed by atoms with Gasteiger partial charge in [-0.05, 0) is 49.3 Å². The van der Waals surface area contributed by atoms with E-state index in [2.05, 4.69) is 10.2 Å². The Bertz CT molecular complexity index is 488. The first kappa shape index (κ1) is 12.6. The molecule has 1 aromatic rings. The summed E-state index contributed by atoms with van der Waals surface area (Å²) < 4.78 is 13.4. The van der Waals surface area contributed by atoms with Gasteiger partial charge in [0.15, 0.2) is 0 Å². The van der Waals surface area contributed by atoms with E-state index < -0.39 is 0 Å². The van der Waals surface area contributed by atoms with Crippen LogP contribution in [0.15, 0.2) is 18.2 Å². The Kier molecular flexibility index (Phi) is 3.18. The number of hydrogen-bond donors (Lipinski definition) is 1. The van der Waals surface area contributed by atoms with Crippen LogP contribution in [0.2, 0.25) is 0 Å². The van der Waals surface area contributed by atoms with Gasteiger partial charge < -0.3 is 10.2 Å². The van der Waals surface area contributed by atoms with Crippen molar-refractivity contribution < 1.29 is 4.39 Å². The molecule has 3 atom stereocenters. The molecule has 1 N–H and O–H groups in total. The molecule has 3 heteroatoms.